The van der Waals surface area contributed by atoms with Gasteiger partial charge in [-0.15, -0.1) is 0 Å². The molecule has 0 bridgehead atoms. The smallest absolute Gasteiger partial charge is 0.414 e. The van der Waals surface area contributed by atoms with E-state index >= 15 is 0 Å². The summed E-state index contributed by atoms with van der Waals surface area (Å²) in [7, 11) is 0. The van der Waals surface area contributed by atoms with Crippen molar-refractivity contribution < 1.29 is 23.5 Å². The zero-order chi connectivity index (χ0) is 23.5. The SMILES string of the molecule is CC(=O)NCC1CN(c2ccc(-c3ccc(CN4CCC(C(N)=O)C4)cc3)c(F)c2)C(=O)O1. The van der Waals surface area contributed by atoms with Gasteiger partial charge in [0.2, 0.25) is 11.8 Å². The molecule has 2 aromatic carbocycles. The van der Waals surface area contributed by atoms with Gasteiger partial charge >= 0.3 is 6.09 Å². The summed E-state index contributed by atoms with van der Waals surface area (Å²) in [6, 6.07) is 12.3. The second-order valence-corrected chi connectivity index (χ2v) is 8.54. The maximum Gasteiger partial charge on any atom is 0.414 e. The number of likely N-dealkylation sites (tertiary alicyclic amines) is 1. The molecule has 0 aromatic heterocycles. The highest BCUT2D eigenvalue weighted by molar-refractivity contribution is 5.90. The van der Waals surface area contributed by atoms with Crippen LogP contribution in [0.2, 0.25) is 0 Å². The van der Waals surface area contributed by atoms with Crippen molar-refractivity contribution in [1.29, 1.82) is 0 Å². The Morgan fingerprint density at radius 2 is 1.94 bits per heavy atom. The number of primary amides is 1. The van der Waals surface area contributed by atoms with Gasteiger partial charge in [0.05, 0.1) is 24.7 Å². The summed E-state index contributed by atoms with van der Waals surface area (Å²) in [5.41, 5.74) is 8.04. The Labute approximate surface area is 191 Å². The van der Waals surface area contributed by atoms with E-state index in [1.165, 1.54) is 17.9 Å². The first-order chi connectivity index (χ1) is 15.8. The van der Waals surface area contributed by atoms with Crippen molar-refractivity contribution in [3.8, 4) is 11.1 Å². The molecule has 2 atom stereocenters. The summed E-state index contributed by atoms with van der Waals surface area (Å²) in [5, 5.41) is 2.62. The van der Waals surface area contributed by atoms with E-state index in [4.69, 9.17) is 10.5 Å². The van der Waals surface area contributed by atoms with Gasteiger partial charge in [-0.05, 0) is 42.3 Å². The van der Waals surface area contributed by atoms with Gasteiger partial charge in [0.1, 0.15) is 11.9 Å². The number of rotatable bonds is 7. The van der Waals surface area contributed by atoms with E-state index in [0.717, 1.165) is 24.1 Å². The van der Waals surface area contributed by atoms with E-state index in [1.807, 2.05) is 24.3 Å². The standard InChI is InChI=1S/C24H27FN4O4/c1-15(30)27-11-20-14-29(24(32)33-20)19-6-7-21(22(25)10-19)17-4-2-16(3-5-17)12-28-9-8-18(13-28)23(26)31/h2-7,10,18,20H,8-9,11-14H2,1H3,(H2,26,31)(H,27,30). The predicted molar refractivity (Wildman–Crippen MR) is 121 cm³/mol. The minimum atomic E-state index is -0.567. The number of cyclic esters (lactones) is 1. The van der Waals surface area contributed by atoms with Gasteiger partial charge in [-0.25, -0.2) is 9.18 Å². The lowest BCUT2D eigenvalue weighted by Crippen LogP contribution is -2.33. The van der Waals surface area contributed by atoms with Gasteiger partial charge in [0.25, 0.3) is 0 Å². The van der Waals surface area contributed by atoms with Crippen LogP contribution in [0.5, 0.6) is 0 Å². The molecule has 4 rings (SSSR count). The highest BCUT2D eigenvalue weighted by Crippen LogP contribution is 2.29. The molecule has 3 amide bonds. The Morgan fingerprint density at radius 3 is 2.58 bits per heavy atom. The van der Waals surface area contributed by atoms with Crippen LogP contribution < -0.4 is 16.0 Å². The van der Waals surface area contributed by atoms with Crippen molar-refractivity contribution >= 4 is 23.6 Å². The van der Waals surface area contributed by atoms with Gasteiger partial charge < -0.3 is 15.8 Å². The predicted octanol–water partition coefficient (Wildman–Crippen LogP) is 2.26. The van der Waals surface area contributed by atoms with E-state index < -0.39 is 18.0 Å². The summed E-state index contributed by atoms with van der Waals surface area (Å²) in [6.07, 6.45) is -0.267. The first-order valence-corrected chi connectivity index (χ1v) is 10.9. The van der Waals surface area contributed by atoms with Crippen LogP contribution in [0.3, 0.4) is 0 Å². The molecule has 33 heavy (non-hydrogen) atoms. The molecule has 0 radical (unpaired) electrons. The van der Waals surface area contributed by atoms with Gasteiger partial charge in [-0.1, -0.05) is 24.3 Å². The summed E-state index contributed by atoms with van der Waals surface area (Å²) in [4.78, 5) is 38.1. The van der Waals surface area contributed by atoms with Crippen molar-refractivity contribution in [1.82, 2.24) is 10.2 Å². The number of ether oxygens (including phenoxy) is 1. The van der Waals surface area contributed by atoms with E-state index in [2.05, 4.69) is 10.2 Å². The molecular formula is C24H27FN4O4. The van der Waals surface area contributed by atoms with E-state index in [1.54, 1.807) is 12.1 Å². The summed E-state index contributed by atoms with van der Waals surface area (Å²) >= 11 is 0. The molecule has 2 aromatic rings. The summed E-state index contributed by atoms with van der Waals surface area (Å²) < 4.78 is 20.2. The normalized spacial score (nSPS) is 20.7. The Balaban J connectivity index is 1.40. The number of carbonyl (C=O) groups is 3. The molecule has 2 saturated heterocycles. The topological polar surface area (TPSA) is 105 Å². The summed E-state index contributed by atoms with van der Waals surface area (Å²) in [5.74, 6) is -0.994. The second-order valence-electron chi connectivity index (χ2n) is 8.54. The molecule has 2 heterocycles. The third kappa shape index (κ3) is 5.31. The lowest BCUT2D eigenvalue weighted by molar-refractivity contribution is -0.121. The summed E-state index contributed by atoms with van der Waals surface area (Å²) in [6.45, 7) is 4.04. The fraction of sp³-hybridized carbons (Fsp3) is 0.375. The van der Waals surface area contributed by atoms with Crippen LogP contribution in [0.1, 0.15) is 18.9 Å². The monoisotopic (exact) mass is 454 g/mol. The highest BCUT2D eigenvalue weighted by atomic mass is 19.1. The average molecular weight is 455 g/mol. The van der Waals surface area contributed by atoms with Crippen molar-refractivity contribution in [3.63, 3.8) is 0 Å². The van der Waals surface area contributed by atoms with Crippen LogP contribution in [0.4, 0.5) is 14.9 Å². The molecule has 0 saturated carbocycles. The fourth-order valence-electron chi connectivity index (χ4n) is 4.26. The first kappa shape index (κ1) is 22.7. The van der Waals surface area contributed by atoms with Crippen LogP contribution in [0.15, 0.2) is 42.5 Å². The van der Waals surface area contributed by atoms with E-state index in [9.17, 15) is 18.8 Å². The average Bonchev–Trinajstić information content (AvgIpc) is 3.39. The number of hydrogen-bond acceptors (Lipinski definition) is 5. The quantitative estimate of drug-likeness (QED) is 0.668. The van der Waals surface area contributed by atoms with Crippen LogP contribution in [-0.2, 0) is 20.9 Å². The van der Waals surface area contributed by atoms with Crippen molar-refractivity contribution in [2.45, 2.75) is 26.0 Å². The van der Waals surface area contributed by atoms with Crippen LogP contribution in [0, 0.1) is 11.7 Å². The minimum Gasteiger partial charge on any atom is -0.442 e. The Morgan fingerprint density at radius 1 is 1.18 bits per heavy atom. The van der Waals surface area contributed by atoms with Crippen molar-refractivity contribution in [2.75, 3.05) is 31.1 Å². The fourth-order valence-corrected chi connectivity index (χ4v) is 4.26. The number of nitrogens with one attached hydrogen (secondary N) is 1. The molecule has 3 N–H and O–H groups in total. The number of nitrogens with two attached hydrogens (primary N) is 1. The third-order valence-electron chi connectivity index (χ3n) is 6.06. The van der Waals surface area contributed by atoms with Gasteiger partial charge in [0.15, 0.2) is 0 Å². The maximum absolute atomic E-state index is 14.9. The lowest BCUT2D eigenvalue weighted by Gasteiger charge is -2.16. The largest absolute Gasteiger partial charge is 0.442 e. The zero-order valence-corrected chi connectivity index (χ0v) is 18.4. The van der Waals surface area contributed by atoms with Crippen molar-refractivity contribution in [2.24, 2.45) is 11.7 Å². The molecule has 9 heteroatoms. The number of anilines is 1. The number of carbonyl (C=O) groups excluding carboxylic acids is 3. The van der Waals surface area contributed by atoms with Gasteiger partial charge in [0, 0.05) is 25.6 Å². The number of halogens is 1. The highest BCUT2D eigenvalue weighted by Gasteiger charge is 2.32. The second kappa shape index (κ2) is 9.58. The Hall–Kier alpha value is -3.46. The number of amides is 3. The van der Waals surface area contributed by atoms with Gasteiger partial charge in [-0.3, -0.25) is 19.4 Å². The molecule has 0 spiro atoms. The lowest BCUT2D eigenvalue weighted by atomic mass is 10.0. The van der Waals surface area contributed by atoms with E-state index in [-0.39, 0.29) is 30.8 Å². The molecule has 174 valence electrons. The first-order valence-electron chi connectivity index (χ1n) is 10.9. The Bertz CT molecular complexity index is 1060. The van der Waals surface area contributed by atoms with Gasteiger partial charge in [-0.2, -0.15) is 0 Å². The molecule has 0 aliphatic carbocycles. The van der Waals surface area contributed by atoms with Crippen molar-refractivity contribution in [3.05, 3.63) is 53.8 Å². The maximum atomic E-state index is 14.9. The Kier molecular flexibility index (Phi) is 6.60. The third-order valence-corrected chi connectivity index (χ3v) is 6.06. The van der Waals surface area contributed by atoms with E-state index in [0.29, 0.717) is 24.3 Å². The number of nitrogens with zero attached hydrogens (tertiary/aromatic N) is 2. The number of hydrogen-bond donors (Lipinski definition) is 2. The molecule has 2 fully saturated rings. The number of benzene rings is 2. The minimum absolute atomic E-state index is 0.0922. The van der Waals surface area contributed by atoms with Crippen LogP contribution in [0.25, 0.3) is 11.1 Å². The molecule has 2 unspecified atom stereocenters. The zero-order valence-electron chi connectivity index (χ0n) is 18.4. The van der Waals surface area contributed by atoms with Crippen LogP contribution >= 0.6 is 0 Å². The van der Waals surface area contributed by atoms with Crippen LogP contribution in [-0.4, -0.2) is 55.1 Å². The molecule has 2 aliphatic rings. The molecule has 8 nitrogen and oxygen atoms in total. The molecular weight excluding hydrogens is 427 g/mol. The molecule has 2 aliphatic heterocycles.